The van der Waals surface area contributed by atoms with Crippen LogP contribution in [-0.4, -0.2) is 34.0 Å². The number of aryl methyl sites for hydroxylation is 1. The summed E-state index contributed by atoms with van der Waals surface area (Å²) in [6.45, 7) is 1.79. The van der Waals surface area contributed by atoms with E-state index in [1.807, 2.05) is 0 Å². The van der Waals surface area contributed by atoms with Gasteiger partial charge >= 0.3 is 0 Å². The lowest BCUT2D eigenvalue weighted by Gasteiger charge is -2.07. The SMILES string of the molecule is Cc1ccc([N+](=O)[O-])cc1NC(=O)CSCCO. The summed E-state index contributed by atoms with van der Waals surface area (Å²) in [4.78, 5) is 21.7. The summed E-state index contributed by atoms with van der Waals surface area (Å²) in [5.74, 6) is 0.460. The van der Waals surface area contributed by atoms with Crippen molar-refractivity contribution in [3.63, 3.8) is 0 Å². The summed E-state index contributed by atoms with van der Waals surface area (Å²) >= 11 is 1.30. The van der Waals surface area contributed by atoms with E-state index < -0.39 is 4.92 Å². The van der Waals surface area contributed by atoms with Crippen LogP contribution in [0.25, 0.3) is 0 Å². The highest BCUT2D eigenvalue weighted by molar-refractivity contribution is 7.99. The zero-order valence-electron chi connectivity index (χ0n) is 9.88. The van der Waals surface area contributed by atoms with E-state index in [2.05, 4.69) is 5.32 Å². The Morgan fingerprint density at radius 1 is 1.56 bits per heavy atom. The third-order valence-corrected chi connectivity index (χ3v) is 3.11. The Labute approximate surface area is 109 Å². The molecule has 6 nitrogen and oxygen atoms in total. The van der Waals surface area contributed by atoms with Crippen molar-refractivity contribution < 1.29 is 14.8 Å². The molecule has 0 saturated heterocycles. The third-order valence-electron chi connectivity index (χ3n) is 2.17. The summed E-state index contributed by atoms with van der Waals surface area (Å²) in [6, 6.07) is 4.32. The molecule has 0 atom stereocenters. The van der Waals surface area contributed by atoms with Crippen LogP contribution in [0.3, 0.4) is 0 Å². The average molecular weight is 270 g/mol. The van der Waals surface area contributed by atoms with Crippen molar-refractivity contribution in [2.24, 2.45) is 0 Å². The summed E-state index contributed by atoms with van der Waals surface area (Å²) in [5, 5.41) is 21.8. The van der Waals surface area contributed by atoms with Crippen molar-refractivity contribution in [2.45, 2.75) is 6.92 Å². The number of nitrogens with zero attached hydrogens (tertiary/aromatic N) is 1. The molecular formula is C11H14N2O4S. The molecule has 0 fully saturated rings. The first-order valence-corrected chi connectivity index (χ1v) is 6.43. The number of hydrogen-bond donors (Lipinski definition) is 2. The molecule has 2 N–H and O–H groups in total. The van der Waals surface area contributed by atoms with Gasteiger partial charge in [0.05, 0.1) is 23.0 Å². The maximum absolute atomic E-state index is 11.5. The van der Waals surface area contributed by atoms with Gasteiger partial charge in [-0.15, -0.1) is 11.8 Å². The molecule has 0 aromatic heterocycles. The van der Waals surface area contributed by atoms with E-state index in [-0.39, 0.29) is 24.0 Å². The van der Waals surface area contributed by atoms with Crippen LogP contribution in [0.4, 0.5) is 11.4 Å². The summed E-state index contributed by atoms with van der Waals surface area (Å²) in [6.07, 6.45) is 0. The molecule has 0 heterocycles. The number of amides is 1. The van der Waals surface area contributed by atoms with E-state index in [1.54, 1.807) is 13.0 Å². The van der Waals surface area contributed by atoms with Gasteiger partial charge in [-0.25, -0.2) is 0 Å². The van der Waals surface area contributed by atoms with E-state index in [0.29, 0.717) is 11.4 Å². The van der Waals surface area contributed by atoms with Crippen molar-refractivity contribution in [3.05, 3.63) is 33.9 Å². The van der Waals surface area contributed by atoms with Crippen LogP contribution in [-0.2, 0) is 4.79 Å². The highest BCUT2D eigenvalue weighted by atomic mass is 32.2. The number of benzene rings is 1. The zero-order chi connectivity index (χ0) is 13.5. The minimum Gasteiger partial charge on any atom is -0.396 e. The van der Waals surface area contributed by atoms with Gasteiger partial charge < -0.3 is 10.4 Å². The maximum Gasteiger partial charge on any atom is 0.271 e. The van der Waals surface area contributed by atoms with Crippen molar-refractivity contribution in [1.82, 2.24) is 0 Å². The summed E-state index contributed by atoms with van der Waals surface area (Å²) in [5.41, 5.74) is 1.15. The average Bonchev–Trinajstić information content (AvgIpc) is 2.32. The highest BCUT2D eigenvalue weighted by Gasteiger charge is 2.10. The summed E-state index contributed by atoms with van der Waals surface area (Å²) < 4.78 is 0. The van der Waals surface area contributed by atoms with Gasteiger partial charge in [0.1, 0.15) is 0 Å². The number of carbonyl (C=O) groups excluding carboxylic acids is 1. The van der Waals surface area contributed by atoms with Crippen LogP contribution < -0.4 is 5.32 Å². The normalized spacial score (nSPS) is 10.1. The number of nitro benzene ring substituents is 1. The van der Waals surface area contributed by atoms with Gasteiger partial charge in [0.25, 0.3) is 5.69 Å². The topological polar surface area (TPSA) is 92.5 Å². The molecule has 0 bridgehead atoms. The molecule has 7 heteroatoms. The van der Waals surface area contributed by atoms with Gasteiger partial charge in [-0.05, 0) is 12.5 Å². The van der Waals surface area contributed by atoms with Gasteiger partial charge in [-0.2, -0.15) is 0 Å². The lowest BCUT2D eigenvalue weighted by Crippen LogP contribution is -2.15. The Bertz CT molecular complexity index is 451. The fraction of sp³-hybridized carbons (Fsp3) is 0.364. The van der Waals surface area contributed by atoms with E-state index in [1.165, 1.54) is 23.9 Å². The van der Waals surface area contributed by atoms with Gasteiger partial charge in [-0.1, -0.05) is 6.07 Å². The smallest absolute Gasteiger partial charge is 0.271 e. The molecule has 98 valence electrons. The van der Waals surface area contributed by atoms with Gasteiger partial charge in [0.2, 0.25) is 5.91 Å². The Morgan fingerprint density at radius 2 is 2.28 bits per heavy atom. The Morgan fingerprint density at radius 3 is 2.89 bits per heavy atom. The van der Waals surface area contributed by atoms with Crippen LogP contribution in [0.2, 0.25) is 0 Å². The number of aliphatic hydroxyl groups excluding tert-OH is 1. The Kier molecular flexibility index (Phi) is 5.60. The maximum atomic E-state index is 11.5. The predicted octanol–water partition coefficient (Wildman–Crippen LogP) is 1.57. The largest absolute Gasteiger partial charge is 0.396 e. The second kappa shape index (κ2) is 6.97. The molecule has 1 aromatic carbocycles. The number of aliphatic hydroxyl groups is 1. The quantitative estimate of drug-likeness (QED) is 0.465. The zero-order valence-corrected chi connectivity index (χ0v) is 10.7. The molecule has 0 aliphatic carbocycles. The first-order valence-electron chi connectivity index (χ1n) is 5.28. The fourth-order valence-corrected chi connectivity index (χ4v) is 1.80. The van der Waals surface area contributed by atoms with Gasteiger partial charge in [0.15, 0.2) is 0 Å². The standard InChI is InChI=1S/C11H14N2O4S/c1-8-2-3-9(13(16)17)6-10(8)12-11(15)7-18-5-4-14/h2-3,6,14H,4-5,7H2,1H3,(H,12,15). The first-order chi connectivity index (χ1) is 8.54. The number of rotatable bonds is 6. The second-order valence-electron chi connectivity index (χ2n) is 3.58. The van der Waals surface area contributed by atoms with Crippen LogP contribution in [0.1, 0.15) is 5.56 Å². The number of nitro groups is 1. The van der Waals surface area contributed by atoms with Crippen molar-refractivity contribution in [1.29, 1.82) is 0 Å². The van der Waals surface area contributed by atoms with Crippen molar-refractivity contribution >= 4 is 29.0 Å². The molecule has 1 amide bonds. The summed E-state index contributed by atoms with van der Waals surface area (Å²) in [7, 11) is 0. The van der Waals surface area contributed by atoms with E-state index in [9.17, 15) is 14.9 Å². The monoisotopic (exact) mass is 270 g/mol. The predicted molar refractivity (Wildman–Crippen MR) is 70.9 cm³/mol. The fourth-order valence-electron chi connectivity index (χ4n) is 1.27. The first kappa shape index (κ1) is 14.5. The molecule has 0 unspecified atom stereocenters. The van der Waals surface area contributed by atoms with E-state index in [0.717, 1.165) is 5.56 Å². The minimum absolute atomic E-state index is 0.0216. The lowest BCUT2D eigenvalue weighted by atomic mass is 10.2. The number of carbonyl (C=O) groups is 1. The molecule has 0 saturated carbocycles. The molecule has 1 aromatic rings. The van der Waals surface area contributed by atoms with Crippen LogP contribution in [0, 0.1) is 17.0 Å². The van der Waals surface area contributed by atoms with Gasteiger partial charge in [-0.3, -0.25) is 14.9 Å². The lowest BCUT2D eigenvalue weighted by molar-refractivity contribution is -0.384. The molecular weight excluding hydrogens is 256 g/mol. The molecule has 0 spiro atoms. The molecule has 0 aliphatic rings. The van der Waals surface area contributed by atoms with Gasteiger partial charge in [0, 0.05) is 17.9 Å². The second-order valence-corrected chi connectivity index (χ2v) is 4.69. The number of thioether (sulfide) groups is 1. The minimum atomic E-state index is -0.504. The Balaban J connectivity index is 2.68. The van der Waals surface area contributed by atoms with E-state index in [4.69, 9.17) is 5.11 Å². The van der Waals surface area contributed by atoms with E-state index >= 15 is 0 Å². The molecule has 1 rings (SSSR count). The number of anilines is 1. The molecule has 0 radical (unpaired) electrons. The highest BCUT2D eigenvalue weighted by Crippen LogP contribution is 2.21. The Hall–Kier alpha value is -1.60. The molecule has 0 aliphatic heterocycles. The van der Waals surface area contributed by atoms with Crippen molar-refractivity contribution in [2.75, 3.05) is 23.4 Å². The van der Waals surface area contributed by atoms with Crippen LogP contribution in [0.5, 0.6) is 0 Å². The molecule has 18 heavy (non-hydrogen) atoms. The van der Waals surface area contributed by atoms with Crippen molar-refractivity contribution in [3.8, 4) is 0 Å². The number of nitrogens with one attached hydrogen (secondary N) is 1. The van der Waals surface area contributed by atoms with Crippen LogP contribution in [0.15, 0.2) is 18.2 Å². The number of non-ortho nitro benzene ring substituents is 1. The number of hydrogen-bond acceptors (Lipinski definition) is 5. The third kappa shape index (κ3) is 4.34. The van der Waals surface area contributed by atoms with Crippen LogP contribution >= 0.6 is 11.8 Å².